The molecular formula is C18H20N2O. The molecule has 0 radical (unpaired) electrons. The van der Waals surface area contributed by atoms with Gasteiger partial charge in [-0.2, -0.15) is 0 Å². The van der Waals surface area contributed by atoms with E-state index in [0.717, 1.165) is 30.8 Å². The zero-order chi connectivity index (χ0) is 14.9. The molecule has 1 heterocycles. The van der Waals surface area contributed by atoms with Gasteiger partial charge in [0.1, 0.15) is 11.4 Å². The minimum atomic E-state index is 0.309. The fraction of sp³-hybridized carbons (Fsp3) is 0.278. The van der Waals surface area contributed by atoms with Crippen LogP contribution in [0.25, 0.3) is 0 Å². The van der Waals surface area contributed by atoms with Crippen LogP contribution in [0.2, 0.25) is 0 Å². The number of aromatic nitrogens is 1. The Hall–Kier alpha value is -2.31. The van der Waals surface area contributed by atoms with Crippen LogP contribution in [0.3, 0.4) is 0 Å². The number of pyridine rings is 1. The highest BCUT2D eigenvalue weighted by Crippen LogP contribution is 2.13. The molecule has 2 aromatic rings. The van der Waals surface area contributed by atoms with E-state index in [-0.39, 0.29) is 0 Å². The number of aromatic hydroxyl groups is 1. The standard InChI is InChI=1S/C18H20N2O/c1-2-12-20(15-16-7-5-10-18(21)14-16)13-6-9-17-8-3-4-11-19-17/h3-5,7-8,10-11,14,21H,2,12-13,15H2,1H3. The maximum atomic E-state index is 9.53. The van der Waals surface area contributed by atoms with Gasteiger partial charge in [0.05, 0.1) is 6.54 Å². The summed E-state index contributed by atoms with van der Waals surface area (Å²) >= 11 is 0. The van der Waals surface area contributed by atoms with Gasteiger partial charge in [-0.1, -0.05) is 31.0 Å². The lowest BCUT2D eigenvalue weighted by atomic mass is 10.2. The molecule has 0 spiro atoms. The highest BCUT2D eigenvalue weighted by atomic mass is 16.3. The third kappa shape index (κ3) is 5.29. The Kier molecular flexibility index (Phi) is 5.81. The Labute approximate surface area is 126 Å². The molecule has 0 saturated heterocycles. The van der Waals surface area contributed by atoms with Gasteiger partial charge in [-0.25, -0.2) is 4.98 Å². The van der Waals surface area contributed by atoms with Crippen molar-refractivity contribution in [1.29, 1.82) is 0 Å². The van der Waals surface area contributed by atoms with Gasteiger partial charge in [-0.3, -0.25) is 4.90 Å². The van der Waals surface area contributed by atoms with Gasteiger partial charge in [0.25, 0.3) is 0 Å². The van der Waals surface area contributed by atoms with Gasteiger partial charge in [0, 0.05) is 12.7 Å². The number of phenolic OH excluding ortho intramolecular Hbond substituents is 1. The summed E-state index contributed by atoms with van der Waals surface area (Å²) < 4.78 is 0. The first-order valence-electron chi connectivity index (χ1n) is 7.18. The summed E-state index contributed by atoms with van der Waals surface area (Å²) in [6, 6.07) is 13.1. The number of hydrogen-bond donors (Lipinski definition) is 1. The van der Waals surface area contributed by atoms with Crippen LogP contribution in [0.4, 0.5) is 0 Å². The Morgan fingerprint density at radius 1 is 1.19 bits per heavy atom. The molecule has 2 rings (SSSR count). The topological polar surface area (TPSA) is 36.4 Å². The van der Waals surface area contributed by atoms with Crippen LogP contribution in [0.15, 0.2) is 48.7 Å². The zero-order valence-electron chi connectivity index (χ0n) is 12.3. The van der Waals surface area contributed by atoms with Gasteiger partial charge >= 0.3 is 0 Å². The van der Waals surface area contributed by atoms with E-state index < -0.39 is 0 Å². The molecular weight excluding hydrogens is 260 g/mol. The lowest BCUT2D eigenvalue weighted by molar-refractivity contribution is 0.299. The summed E-state index contributed by atoms with van der Waals surface area (Å²) in [7, 11) is 0. The number of phenols is 1. The average Bonchev–Trinajstić information content (AvgIpc) is 2.48. The predicted octanol–water partition coefficient (Wildman–Crippen LogP) is 3.05. The second kappa shape index (κ2) is 8.08. The quantitative estimate of drug-likeness (QED) is 0.855. The van der Waals surface area contributed by atoms with E-state index >= 15 is 0 Å². The molecule has 0 bridgehead atoms. The Balaban J connectivity index is 1.98. The smallest absolute Gasteiger partial charge is 0.115 e. The zero-order valence-corrected chi connectivity index (χ0v) is 12.3. The third-order valence-electron chi connectivity index (χ3n) is 3.04. The van der Waals surface area contributed by atoms with Crippen molar-refractivity contribution in [2.24, 2.45) is 0 Å². The largest absolute Gasteiger partial charge is 0.508 e. The average molecular weight is 280 g/mol. The number of hydrogen-bond acceptors (Lipinski definition) is 3. The fourth-order valence-corrected chi connectivity index (χ4v) is 2.12. The van der Waals surface area contributed by atoms with Gasteiger partial charge < -0.3 is 5.11 Å². The minimum Gasteiger partial charge on any atom is -0.508 e. The lowest BCUT2D eigenvalue weighted by Gasteiger charge is -2.18. The molecule has 0 aliphatic carbocycles. The molecule has 1 N–H and O–H groups in total. The summed E-state index contributed by atoms with van der Waals surface area (Å²) in [6.07, 6.45) is 2.82. The molecule has 1 aromatic carbocycles. The van der Waals surface area contributed by atoms with E-state index in [2.05, 4.69) is 28.6 Å². The van der Waals surface area contributed by atoms with E-state index in [1.165, 1.54) is 0 Å². The summed E-state index contributed by atoms with van der Waals surface area (Å²) in [5.74, 6) is 6.56. The summed E-state index contributed by atoms with van der Waals surface area (Å²) in [4.78, 5) is 6.46. The van der Waals surface area contributed by atoms with Crippen LogP contribution in [-0.4, -0.2) is 28.1 Å². The third-order valence-corrected chi connectivity index (χ3v) is 3.04. The van der Waals surface area contributed by atoms with Crippen molar-refractivity contribution in [3.05, 3.63) is 59.9 Å². The van der Waals surface area contributed by atoms with Gasteiger partial charge in [0.15, 0.2) is 0 Å². The van der Waals surface area contributed by atoms with Crippen LogP contribution in [-0.2, 0) is 6.54 Å². The number of nitrogens with zero attached hydrogens (tertiary/aromatic N) is 2. The van der Waals surface area contributed by atoms with Crippen LogP contribution >= 0.6 is 0 Å². The molecule has 0 aliphatic rings. The van der Waals surface area contributed by atoms with Gasteiger partial charge in [0.2, 0.25) is 0 Å². The van der Waals surface area contributed by atoms with Gasteiger partial charge in [-0.05, 0) is 48.7 Å². The minimum absolute atomic E-state index is 0.309. The highest BCUT2D eigenvalue weighted by molar-refractivity contribution is 5.28. The van der Waals surface area contributed by atoms with E-state index in [0.29, 0.717) is 12.3 Å². The SMILES string of the molecule is CCCN(CC#Cc1ccccn1)Cc1cccc(O)c1. The van der Waals surface area contributed by atoms with Crippen molar-refractivity contribution in [2.75, 3.05) is 13.1 Å². The Morgan fingerprint density at radius 3 is 2.81 bits per heavy atom. The molecule has 21 heavy (non-hydrogen) atoms. The van der Waals surface area contributed by atoms with Gasteiger partial charge in [-0.15, -0.1) is 0 Å². The summed E-state index contributed by atoms with van der Waals surface area (Å²) in [5.41, 5.74) is 1.90. The van der Waals surface area contributed by atoms with Crippen molar-refractivity contribution in [3.8, 4) is 17.6 Å². The fourth-order valence-electron chi connectivity index (χ4n) is 2.12. The van der Waals surface area contributed by atoms with Crippen molar-refractivity contribution >= 4 is 0 Å². The molecule has 3 heteroatoms. The molecule has 108 valence electrons. The molecule has 0 amide bonds. The van der Waals surface area contributed by atoms with E-state index in [9.17, 15) is 5.11 Å². The maximum Gasteiger partial charge on any atom is 0.115 e. The predicted molar refractivity (Wildman–Crippen MR) is 84.8 cm³/mol. The maximum absolute atomic E-state index is 9.53. The molecule has 0 fully saturated rings. The summed E-state index contributed by atoms with van der Waals surface area (Å²) in [6.45, 7) is 4.62. The molecule has 3 nitrogen and oxygen atoms in total. The monoisotopic (exact) mass is 280 g/mol. The van der Waals surface area contributed by atoms with Crippen LogP contribution < -0.4 is 0 Å². The first-order valence-corrected chi connectivity index (χ1v) is 7.18. The van der Waals surface area contributed by atoms with Crippen LogP contribution in [0, 0.1) is 11.8 Å². The van der Waals surface area contributed by atoms with E-state index in [1.54, 1.807) is 18.3 Å². The molecule has 0 unspecified atom stereocenters. The second-order valence-corrected chi connectivity index (χ2v) is 4.90. The molecule has 0 saturated carbocycles. The second-order valence-electron chi connectivity index (χ2n) is 4.90. The van der Waals surface area contributed by atoms with Crippen molar-refractivity contribution in [1.82, 2.24) is 9.88 Å². The lowest BCUT2D eigenvalue weighted by Crippen LogP contribution is -2.24. The first-order chi connectivity index (χ1) is 10.3. The van der Waals surface area contributed by atoms with E-state index in [4.69, 9.17) is 0 Å². The van der Waals surface area contributed by atoms with Crippen LogP contribution in [0.5, 0.6) is 5.75 Å². The first kappa shape index (κ1) is 15.1. The van der Waals surface area contributed by atoms with Crippen molar-refractivity contribution in [2.45, 2.75) is 19.9 Å². The normalized spacial score (nSPS) is 10.2. The molecule has 0 atom stereocenters. The number of benzene rings is 1. The van der Waals surface area contributed by atoms with Crippen LogP contribution in [0.1, 0.15) is 24.6 Å². The van der Waals surface area contributed by atoms with E-state index in [1.807, 2.05) is 30.3 Å². The highest BCUT2D eigenvalue weighted by Gasteiger charge is 2.04. The Bertz CT molecular complexity index is 614. The number of rotatable bonds is 5. The summed E-state index contributed by atoms with van der Waals surface area (Å²) in [5, 5.41) is 9.53. The molecule has 0 aliphatic heterocycles. The van der Waals surface area contributed by atoms with Crippen molar-refractivity contribution in [3.63, 3.8) is 0 Å². The van der Waals surface area contributed by atoms with Crippen molar-refractivity contribution < 1.29 is 5.11 Å². The Morgan fingerprint density at radius 2 is 2.10 bits per heavy atom. The molecule has 1 aromatic heterocycles.